The van der Waals surface area contributed by atoms with E-state index >= 15 is 0 Å². The fraction of sp³-hybridized carbons (Fsp3) is 0.667. The van der Waals surface area contributed by atoms with Crippen LogP contribution in [-0.2, 0) is 4.74 Å². The van der Waals surface area contributed by atoms with E-state index in [2.05, 4.69) is 19.2 Å². The maximum Gasteiger partial charge on any atom is 0.123 e. The van der Waals surface area contributed by atoms with Gasteiger partial charge in [0.25, 0.3) is 0 Å². The summed E-state index contributed by atoms with van der Waals surface area (Å²) in [5.74, 6) is 1.04. The van der Waals surface area contributed by atoms with Crippen molar-refractivity contribution in [3.63, 3.8) is 0 Å². The number of hydrogen-bond acceptors (Lipinski definition) is 3. The van der Waals surface area contributed by atoms with Crippen LogP contribution in [0.5, 0.6) is 0 Å². The largest absolute Gasteiger partial charge is 0.467 e. The molecule has 0 saturated carbocycles. The first kappa shape index (κ1) is 12.3. The SMILES string of the molecule is COCCCCNC(C)c1occc1C. The van der Waals surface area contributed by atoms with Gasteiger partial charge < -0.3 is 14.5 Å². The fourth-order valence-electron chi connectivity index (χ4n) is 1.61. The van der Waals surface area contributed by atoms with Crippen molar-refractivity contribution in [3.05, 3.63) is 23.7 Å². The van der Waals surface area contributed by atoms with Gasteiger partial charge >= 0.3 is 0 Å². The second-order valence-electron chi connectivity index (χ2n) is 3.84. The molecule has 86 valence electrons. The van der Waals surface area contributed by atoms with Crippen LogP contribution in [0, 0.1) is 6.92 Å². The zero-order chi connectivity index (χ0) is 11.1. The van der Waals surface area contributed by atoms with Gasteiger partial charge in [0.05, 0.1) is 12.3 Å². The average molecular weight is 211 g/mol. The molecule has 0 aliphatic carbocycles. The number of methoxy groups -OCH3 is 1. The van der Waals surface area contributed by atoms with Crippen molar-refractivity contribution in [1.29, 1.82) is 0 Å². The van der Waals surface area contributed by atoms with E-state index in [4.69, 9.17) is 9.15 Å². The predicted molar refractivity (Wildman–Crippen MR) is 61.0 cm³/mol. The summed E-state index contributed by atoms with van der Waals surface area (Å²) in [6, 6.07) is 2.29. The van der Waals surface area contributed by atoms with Gasteiger partial charge in [-0.25, -0.2) is 0 Å². The van der Waals surface area contributed by atoms with E-state index in [1.165, 1.54) is 5.56 Å². The van der Waals surface area contributed by atoms with Gasteiger partial charge in [0.15, 0.2) is 0 Å². The molecular weight excluding hydrogens is 190 g/mol. The topological polar surface area (TPSA) is 34.4 Å². The van der Waals surface area contributed by atoms with Gasteiger partial charge in [0, 0.05) is 13.7 Å². The van der Waals surface area contributed by atoms with E-state index in [0.717, 1.165) is 31.8 Å². The molecule has 1 unspecified atom stereocenters. The van der Waals surface area contributed by atoms with E-state index in [0.29, 0.717) is 6.04 Å². The first-order valence-corrected chi connectivity index (χ1v) is 5.52. The maximum atomic E-state index is 5.42. The van der Waals surface area contributed by atoms with E-state index < -0.39 is 0 Å². The van der Waals surface area contributed by atoms with Crippen LogP contribution >= 0.6 is 0 Å². The zero-order valence-corrected chi connectivity index (χ0v) is 9.88. The first-order chi connectivity index (χ1) is 7.25. The van der Waals surface area contributed by atoms with Crippen molar-refractivity contribution in [2.45, 2.75) is 32.7 Å². The third kappa shape index (κ3) is 4.06. The minimum atomic E-state index is 0.294. The van der Waals surface area contributed by atoms with E-state index in [-0.39, 0.29) is 0 Å². The van der Waals surface area contributed by atoms with Gasteiger partial charge in [-0.05, 0) is 44.9 Å². The Balaban J connectivity index is 2.19. The van der Waals surface area contributed by atoms with Crippen LogP contribution in [0.4, 0.5) is 0 Å². The molecule has 1 atom stereocenters. The van der Waals surface area contributed by atoms with Crippen LogP contribution in [0.1, 0.15) is 37.1 Å². The van der Waals surface area contributed by atoms with Gasteiger partial charge in [-0.2, -0.15) is 0 Å². The molecule has 0 amide bonds. The lowest BCUT2D eigenvalue weighted by molar-refractivity contribution is 0.192. The average Bonchev–Trinajstić information content (AvgIpc) is 2.64. The second-order valence-corrected chi connectivity index (χ2v) is 3.84. The summed E-state index contributed by atoms with van der Waals surface area (Å²) in [4.78, 5) is 0. The number of ether oxygens (including phenoxy) is 1. The van der Waals surface area contributed by atoms with Crippen molar-refractivity contribution < 1.29 is 9.15 Å². The normalized spacial score (nSPS) is 13.0. The Hall–Kier alpha value is -0.800. The predicted octanol–water partition coefficient (Wildman–Crippen LogP) is 2.67. The lowest BCUT2D eigenvalue weighted by atomic mass is 10.1. The van der Waals surface area contributed by atoms with Gasteiger partial charge in [0.2, 0.25) is 0 Å². The Morgan fingerprint density at radius 3 is 2.87 bits per heavy atom. The second kappa shape index (κ2) is 6.64. The zero-order valence-electron chi connectivity index (χ0n) is 9.88. The molecule has 3 nitrogen and oxygen atoms in total. The molecule has 0 aliphatic rings. The molecule has 1 aromatic heterocycles. The lowest BCUT2D eigenvalue weighted by Gasteiger charge is -2.12. The molecular formula is C12H21NO2. The molecule has 3 heteroatoms. The van der Waals surface area contributed by atoms with E-state index in [1.807, 2.05) is 6.07 Å². The Morgan fingerprint density at radius 2 is 2.27 bits per heavy atom. The number of furan rings is 1. The standard InChI is InChI=1S/C12H21NO2/c1-10-6-9-15-12(10)11(2)13-7-4-5-8-14-3/h6,9,11,13H,4-5,7-8H2,1-3H3. The summed E-state index contributed by atoms with van der Waals surface area (Å²) >= 11 is 0. The number of nitrogens with one attached hydrogen (secondary N) is 1. The molecule has 1 aromatic rings. The molecule has 0 radical (unpaired) electrons. The molecule has 1 heterocycles. The van der Waals surface area contributed by atoms with Gasteiger partial charge in [-0.3, -0.25) is 0 Å². The van der Waals surface area contributed by atoms with Gasteiger partial charge in [-0.1, -0.05) is 0 Å². The van der Waals surface area contributed by atoms with Crippen LogP contribution in [0.15, 0.2) is 16.7 Å². The van der Waals surface area contributed by atoms with Crippen LogP contribution in [0.25, 0.3) is 0 Å². The molecule has 0 bridgehead atoms. The van der Waals surface area contributed by atoms with Gasteiger partial charge in [-0.15, -0.1) is 0 Å². The number of aryl methyl sites for hydroxylation is 1. The van der Waals surface area contributed by atoms with E-state index in [1.54, 1.807) is 13.4 Å². The highest BCUT2D eigenvalue weighted by Crippen LogP contribution is 2.17. The minimum absolute atomic E-state index is 0.294. The minimum Gasteiger partial charge on any atom is -0.467 e. The molecule has 0 fully saturated rings. The molecule has 0 saturated heterocycles. The highest BCUT2D eigenvalue weighted by Gasteiger charge is 2.10. The molecule has 0 spiro atoms. The number of hydrogen-bond donors (Lipinski definition) is 1. The highest BCUT2D eigenvalue weighted by molar-refractivity contribution is 5.17. The summed E-state index contributed by atoms with van der Waals surface area (Å²) < 4.78 is 10.4. The fourth-order valence-corrected chi connectivity index (χ4v) is 1.61. The number of rotatable bonds is 7. The summed E-state index contributed by atoms with van der Waals surface area (Å²) in [6.45, 7) is 6.05. The molecule has 1 N–H and O–H groups in total. The lowest BCUT2D eigenvalue weighted by Crippen LogP contribution is -2.20. The molecule has 0 aliphatic heterocycles. The van der Waals surface area contributed by atoms with Crippen molar-refractivity contribution in [2.24, 2.45) is 0 Å². The molecule has 1 rings (SSSR count). The molecule has 15 heavy (non-hydrogen) atoms. The molecule has 0 aromatic carbocycles. The summed E-state index contributed by atoms with van der Waals surface area (Å²) in [5, 5.41) is 3.44. The smallest absolute Gasteiger partial charge is 0.123 e. The van der Waals surface area contributed by atoms with Crippen LogP contribution < -0.4 is 5.32 Å². The monoisotopic (exact) mass is 211 g/mol. The Labute approximate surface area is 91.8 Å². The Morgan fingerprint density at radius 1 is 1.47 bits per heavy atom. The Bertz CT molecular complexity index is 270. The third-order valence-electron chi connectivity index (χ3n) is 2.52. The third-order valence-corrected chi connectivity index (χ3v) is 2.52. The summed E-state index contributed by atoms with van der Waals surface area (Å²) in [7, 11) is 1.74. The van der Waals surface area contributed by atoms with Crippen molar-refractivity contribution >= 4 is 0 Å². The number of unbranched alkanes of at least 4 members (excludes halogenated alkanes) is 1. The first-order valence-electron chi connectivity index (χ1n) is 5.52. The highest BCUT2D eigenvalue weighted by atomic mass is 16.5. The van der Waals surface area contributed by atoms with E-state index in [9.17, 15) is 0 Å². The quantitative estimate of drug-likeness (QED) is 0.704. The van der Waals surface area contributed by atoms with Crippen molar-refractivity contribution in [2.75, 3.05) is 20.3 Å². The van der Waals surface area contributed by atoms with Crippen molar-refractivity contribution in [3.8, 4) is 0 Å². The summed E-state index contributed by atoms with van der Waals surface area (Å²) in [5.41, 5.74) is 1.21. The van der Waals surface area contributed by atoms with Crippen LogP contribution in [0.3, 0.4) is 0 Å². The Kier molecular flexibility index (Phi) is 5.43. The van der Waals surface area contributed by atoms with Gasteiger partial charge in [0.1, 0.15) is 5.76 Å². The van der Waals surface area contributed by atoms with Crippen LogP contribution in [0.2, 0.25) is 0 Å². The van der Waals surface area contributed by atoms with Crippen LogP contribution in [-0.4, -0.2) is 20.3 Å². The summed E-state index contributed by atoms with van der Waals surface area (Å²) in [6.07, 6.45) is 3.99. The van der Waals surface area contributed by atoms with Crippen molar-refractivity contribution in [1.82, 2.24) is 5.32 Å². The maximum absolute atomic E-state index is 5.42.